The maximum atomic E-state index is 12.5. The van der Waals surface area contributed by atoms with Crippen molar-refractivity contribution in [3.8, 4) is 11.5 Å². The van der Waals surface area contributed by atoms with Crippen LogP contribution in [0.15, 0.2) is 23.3 Å². The van der Waals surface area contributed by atoms with E-state index in [1.807, 2.05) is 0 Å². The minimum absolute atomic E-state index is 0.0480. The zero-order chi connectivity index (χ0) is 16.1. The van der Waals surface area contributed by atoms with E-state index >= 15 is 0 Å². The average molecular weight is 305 g/mol. The van der Waals surface area contributed by atoms with Gasteiger partial charge in [0.15, 0.2) is 11.5 Å². The molecular weight excluding hydrogens is 286 g/mol. The summed E-state index contributed by atoms with van der Waals surface area (Å²) in [6.07, 6.45) is 2.42. The van der Waals surface area contributed by atoms with Crippen LogP contribution in [-0.2, 0) is 11.3 Å². The third-order valence-electron chi connectivity index (χ3n) is 3.41. The summed E-state index contributed by atoms with van der Waals surface area (Å²) in [6, 6.07) is 3.29. The van der Waals surface area contributed by atoms with Crippen LogP contribution >= 0.6 is 0 Å². The van der Waals surface area contributed by atoms with Crippen LogP contribution in [0.25, 0.3) is 10.9 Å². The molecule has 0 radical (unpaired) electrons. The Labute approximate surface area is 127 Å². The van der Waals surface area contributed by atoms with Gasteiger partial charge < -0.3 is 14.8 Å². The zero-order valence-electron chi connectivity index (χ0n) is 12.9. The number of aryl methyl sites for hydroxylation is 1. The number of carbonyl (C=O) groups excluding carboxylic acids is 1. The molecule has 0 saturated carbocycles. The summed E-state index contributed by atoms with van der Waals surface area (Å²) >= 11 is 0. The maximum Gasteiger partial charge on any atom is 0.261 e. The molecule has 1 aromatic carbocycles. The lowest BCUT2D eigenvalue weighted by atomic mass is 10.2. The third kappa shape index (κ3) is 3.19. The Morgan fingerprint density at radius 1 is 1.27 bits per heavy atom. The van der Waals surface area contributed by atoms with E-state index in [2.05, 4.69) is 10.3 Å². The zero-order valence-corrected chi connectivity index (χ0v) is 12.9. The van der Waals surface area contributed by atoms with Crippen LogP contribution in [0.2, 0.25) is 0 Å². The van der Waals surface area contributed by atoms with E-state index in [1.165, 1.54) is 25.1 Å². The fraction of sp³-hybridized carbons (Fsp3) is 0.400. The molecule has 0 bridgehead atoms. The third-order valence-corrected chi connectivity index (χ3v) is 3.41. The summed E-state index contributed by atoms with van der Waals surface area (Å²) in [5.74, 6) is 0.962. The number of carbonyl (C=O) groups is 1. The number of fused-ring (bicyclic) bond motifs is 1. The highest BCUT2D eigenvalue weighted by Gasteiger charge is 2.11. The number of methoxy groups -OCH3 is 2. The van der Waals surface area contributed by atoms with Crippen molar-refractivity contribution < 1.29 is 14.3 Å². The second-order valence-electron chi connectivity index (χ2n) is 4.74. The van der Waals surface area contributed by atoms with Gasteiger partial charge in [-0.25, -0.2) is 4.98 Å². The molecule has 7 nitrogen and oxygen atoms in total. The van der Waals surface area contributed by atoms with E-state index < -0.39 is 0 Å². The number of nitrogens with one attached hydrogen (secondary N) is 1. The minimum Gasteiger partial charge on any atom is -0.493 e. The SMILES string of the molecule is CNC(=O)CCCn1cnc2cc(OC)c(OC)cc2c1=O. The molecule has 0 aliphatic rings. The molecule has 2 aromatic rings. The molecule has 1 aromatic heterocycles. The molecule has 1 amide bonds. The lowest BCUT2D eigenvalue weighted by Gasteiger charge is -2.10. The average Bonchev–Trinajstić information content (AvgIpc) is 2.55. The molecule has 0 fully saturated rings. The van der Waals surface area contributed by atoms with Crippen molar-refractivity contribution in [1.82, 2.24) is 14.9 Å². The standard InChI is InChI=1S/C15H19N3O4/c1-16-14(19)5-4-6-18-9-17-11-8-13(22-3)12(21-2)7-10(11)15(18)20/h7-9H,4-6H2,1-3H3,(H,16,19). The number of aromatic nitrogens is 2. The monoisotopic (exact) mass is 305 g/mol. The number of benzene rings is 1. The van der Waals surface area contributed by atoms with E-state index in [4.69, 9.17) is 9.47 Å². The Morgan fingerprint density at radius 2 is 1.95 bits per heavy atom. The highest BCUT2D eigenvalue weighted by molar-refractivity contribution is 5.81. The van der Waals surface area contributed by atoms with Gasteiger partial charge in [-0.2, -0.15) is 0 Å². The van der Waals surface area contributed by atoms with Gasteiger partial charge in [0.1, 0.15) is 0 Å². The summed E-state index contributed by atoms with van der Waals surface area (Å²) in [5.41, 5.74) is 0.382. The molecule has 0 atom stereocenters. The predicted octanol–water partition coefficient (Wildman–Crippen LogP) is 0.940. The van der Waals surface area contributed by atoms with Crippen LogP contribution in [0.3, 0.4) is 0 Å². The molecule has 22 heavy (non-hydrogen) atoms. The van der Waals surface area contributed by atoms with Crippen molar-refractivity contribution >= 4 is 16.8 Å². The van der Waals surface area contributed by atoms with Crippen LogP contribution in [0.1, 0.15) is 12.8 Å². The summed E-state index contributed by atoms with van der Waals surface area (Å²) in [4.78, 5) is 27.9. The Bertz CT molecular complexity index is 739. The van der Waals surface area contributed by atoms with Crippen molar-refractivity contribution in [1.29, 1.82) is 0 Å². The number of nitrogens with zero attached hydrogens (tertiary/aromatic N) is 2. The van der Waals surface area contributed by atoms with Crippen LogP contribution in [0, 0.1) is 0 Å². The van der Waals surface area contributed by atoms with Gasteiger partial charge >= 0.3 is 0 Å². The van der Waals surface area contributed by atoms with Gasteiger partial charge in [0, 0.05) is 26.1 Å². The molecule has 0 unspecified atom stereocenters. The molecule has 118 valence electrons. The van der Waals surface area contributed by atoms with E-state index in [9.17, 15) is 9.59 Å². The largest absolute Gasteiger partial charge is 0.493 e. The van der Waals surface area contributed by atoms with Gasteiger partial charge in [0.25, 0.3) is 5.56 Å². The van der Waals surface area contributed by atoms with Gasteiger partial charge in [0.05, 0.1) is 31.4 Å². The van der Waals surface area contributed by atoms with Crippen molar-refractivity contribution in [3.63, 3.8) is 0 Å². The van der Waals surface area contributed by atoms with Crippen LogP contribution in [0.5, 0.6) is 11.5 Å². The second-order valence-corrected chi connectivity index (χ2v) is 4.74. The fourth-order valence-electron chi connectivity index (χ4n) is 2.18. The summed E-state index contributed by atoms with van der Waals surface area (Å²) < 4.78 is 11.9. The minimum atomic E-state index is -0.164. The molecule has 7 heteroatoms. The van der Waals surface area contributed by atoms with Crippen molar-refractivity contribution in [2.75, 3.05) is 21.3 Å². The van der Waals surface area contributed by atoms with Gasteiger partial charge in [0.2, 0.25) is 5.91 Å². The number of amides is 1. The molecule has 1 heterocycles. The Kier molecular flexibility index (Phi) is 4.98. The number of rotatable bonds is 6. The highest BCUT2D eigenvalue weighted by Crippen LogP contribution is 2.29. The lowest BCUT2D eigenvalue weighted by Crippen LogP contribution is -2.23. The number of ether oxygens (including phenoxy) is 2. The van der Waals surface area contributed by atoms with Gasteiger partial charge in [-0.1, -0.05) is 0 Å². The summed E-state index contributed by atoms with van der Waals surface area (Å²) in [5, 5.41) is 3.01. The molecular formula is C15H19N3O4. The van der Waals surface area contributed by atoms with Crippen molar-refractivity contribution in [2.45, 2.75) is 19.4 Å². The van der Waals surface area contributed by atoms with Crippen LogP contribution in [0.4, 0.5) is 0 Å². The Balaban J connectivity index is 2.33. The lowest BCUT2D eigenvalue weighted by molar-refractivity contribution is -0.120. The molecule has 0 spiro atoms. The first-order chi connectivity index (χ1) is 10.6. The first-order valence-corrected chi connectivity index (χ1v) is 6.92. The first kappa shape index (κ1) is 15.8. The molecule has 0 aliphatic carbocycles. The highest BCUT2D eigenvalue weighted by atomic mass is 16.5. The quantitative estimate of drug-likeness (QED) is 0.859. The van der Waals surface area contributed by atoms with E-state index in [1.54, 1.807) is 19.2 Å². The van der Waals surface area contributed by atoms with Crippen LogP contribution in [-0.4, -0.2) is 36.7 Å². The topological polar surface area (TPSA) is 82.5 Å². The second kappa shape index (κ2) is 6.93. The molecule has 1 N–H and O–H groups in total. The molecule has 2 rings (SSSR count). The molecule has 0 aliphatic heterocycles. The summed E-state index contributed by atoms with van der Waals surface area (Å²) in [6.45, 7) is 0.434. The van der Waals surface area contributed by atoms with Gasteiger partial charge in [-0.3, -0.25) is 14.2 Å². The van der Waals surface area contributed by atoms with E-state index in [-0.39, 0.29) is 11.5 Å². The maximum absolute atomic E-state index is 12.5. The van der Waals surface area contributed by atoms with E-state index in [0.717, 1.165) is 0 Å². The molecule has 0 saturated heterocycles. The summed E-state index contributed by atoms with van der Waals surface area (Å²) in [7, 11) is 4.64. The van der Waals surface area contributed by atoms with Crippen LogP contribution < -0.4 is 20.3 Å². The smallest absolute Gasteiger partial charge is 0.261 e. The fourth-order valence-corrected chi connectivity index (χ4v) is 2.18. The van der Waals surface area contributed by atoms with E-state index in [0.29, 0.717) is 41.8 Å². The normalized spacial score (nSPS) is 10.5. The number of hydrogen-bond donors (Lipinski definition) is 1. The van der Waals surface area contributed by atoms with Crippen molar-refractivity contribution in [3.05, 3.63) is 28.8 Å². The van der Waals surface area contributed by atoms with Gasteiger partial charge in [-0.05, 0) is 12.5 Å². The van der Waals surface area contributed by atoms with Gasteiger partial charge in [-0.15, -0.1) is 0 Å². The first-order valence-electron chi connectivity index (χ1n) is 6.92. The number of hydrogen-bond acceptors (Lipinski definition) is 5. The Morgan fingerprint density at radius 3 is 2.59 bits per heavy atom. The van der Waals surface area contributed by atoms with Crippen molar-refractivity contribution in [2.24, 2.45) is 0 Å². The Hall–Kier alpha value is -2.57. The predicted molar refractivity (Wildman–Crippen MR) is 82.4 cm³/mol.